The van der Waals surface area contributed by atoms with Crippen LogP contribution in [0.1, 0.15) is 21.7 Å². The van der Waals surface area contributed by atoms with Gasteiger partial charge < -0.3 is 0 Å². The number of thiazole rings is 1. The van der Waals surface area contributed by atoms with Gasteiger partial charge in [0.2, 0.25) is 0 Å². The van der Waals surface area contributed by atoms with Crippen molar-refractivity contribution < 1.29 is 0 Å². The van der Waals surface area contributed by atoms with Crippen LogP contribution < -0.4 is 0 Å². The fraction of sp³-hybridized carbons (Fsp3) is 0.105. The summed E-state index contributed by atoms with van der Waals surface area (Å²) in [7, 11) is 0. The van der Waals surface area contributed by atoms with E-state index in [1.165, 1.54) is 22.3 Å². The summed E-state index contributed by atoms with van der Waals surface area (Å²) < 4.78 is 0. The largest absolute Gasteiger partial charge is 0.237 e. The predicted molar refractivity (Wildman–Crippen MR) is 92.4 cm³/mol. The third-order valence-corrected chi connectivity index (χ3v) is 4.27. The van der Waals surface area contributed by atoms with Crippen LogP contribution in [0, 0.1) is 13.8 Å². The van der Waals surface area contributed by atoms with E-state index in [0.717, 1.165) is 10.7 Å². The molecule has 0 aliphatic heterocycles. The smallest absolute Gasteiger partial charge is 0.116 e. The van der Waals surface area contributed by atoms with E-state index in [1.807, 2.05) is 0 Å². The number of nitrogens with zero attached hydrogens (tertiary/aromatic N) is 1. The van der Waals surface area contributed by atoms with E-state index in [1.54, 1.807) is 11.3 Å². The first-order valence-corrected chi connectivity index (χ1v) is 7.86. The molecular weight excluding hydrogens is 274 g/mol. The molecule has 0 aliphatic rings. The second-order valence-corrected chi connectivity index (χ2v) is 6.02. The van der Waals surface area contributed by atoms with Gasteiger partial charge in [-0.3, -0.25) is 0 Å². The fourth-order valence-corrected chi connectivity index (χ4v) is 2.87. The molecule has 1 nitrogen and oxygen atoms in total. The lowest BCUT2D eigenvalue weighted by molar-refractivity contribution is 1.37. The van der Waals surface area contributed by atoms with Gasteiger partial charge in [0.1, 0.15) is 5.01 Å². The normalized spacial score (nSPS) is 11.1. The first-order valence-electron chi connectivity index (χ1n) is 6.99. The summed E-state index contributed by atoms with van der Waals surface area (Å²) >= 11 is 1.68. The molecule has 0 saturated heterocycles. The molecule has 0 bridgehead atoms. The van der Waals surface area contributed by atoms with Crippen molar-refractivity contribution in [1.29, 1.82) is 0 Å². The lowest BCUT2D eigenvalue weighted by Gasteiger charge is -1.98. The summed E-state index contributed by atoms with van der Waals surface area (Å²) in [5.41, 5.74) is 6.01. The summed E-state index contributed by atoms with van der Waals surface area (Å²) in [6, 6.07) is 16.9. The number of aromatic nitrogens is 1. The molecule has 2 heteroatoms. The molecule has 2 aromatic carbocycles. The van der Waals surface area contributed by atoms with Gasteiger partial charge in [0, 0.05) is 10.9 Å². The molecule has 1 heterocycles. The molecule has 0 N–H and O–H groups in total. The molecule has 0 amide bonds. The molecule has 0 spiro atoms. The van der Waals surface area contributed by atoms with Crippen molar-refractivity contribution in [2.24, 2.45) is 0 Å². The first-order chi connectivity index (χ1) is 10.2. The number of hydrogen-bond donors (Lipinski definition) is 0. The number of hydrogen-bond acceptors (Lipinski definition) is 2. The molecule has 0 unspecified atom stereocenters. The third-order valence-electron chi connectivity index (χ3n) is 3.46. The zero-order valence-corrected chi connectivity index (χ0v) is 13.0. The SMILES string of the molecule is Cc1ccc(-c2csc(/C=C/c3ccccc3C)n2)cc1. The Kier molecular flexibility index (Phi) is 3.98. The van der Waals surface area contributed by atoms with Crippen LogP contribution in [0.25, 0.3) is 23.4 Å². The molecule has 0 saturated carbocycles. The summed E-state index contributed by atoms with van der Waals surface area (Å²) in [4.78, 5) is 4.69. The number of benzene rings is 2. The molecule has 21 heavy (non-hydrogen) atoms. The fourth-order valence-electron chi connectivity index (χ4n) is 2.16. The van der Waals surface area contributed by atoms with Crippen LogP contribution in [-0.2, 0) is 0 Å². The highest BCUT2D eigenvalue weighted by Crippen LogP contribution is 2.23. The van der Waals surface area contributed by atoms with Crippen molar-refractivity contribution in [1.82, 2.24) is 4.98 Å². The van der Waals surface area contributed by atoms with Gasteiger partial charge in [0.25, 0.3) is 0 Å². The van der Waals surface area contributed by atoms with Gasteiger partial charge in [-0.25, -0.2) is 4.98 Å². The Labute approximate surface area is 129 Å². The van der Waals surface area contributed by atoms with Gasteiger partial charge in [-0.15, -0.1) is 11.3 Å². The van der Waals surface area contributed by atoms with Crippen molar-refractivity contribution in [3.05, 3.63) is 75.6 Å². The number of aryl methyl sites for hydroxylation is 2. The molecule has 0 fully saturated rings. The van der Waals surface area contributed by atoms with Gasteiger partial charge in [0.05, 0.1) is 5.69 Å². The van der Waals surface area contributed by atoms with E-state index in [2.05, 4.69) is 84.9 Å². The maximum absolute atomic E-state index is 4.69. The van der Waals surface area contributed by atoms with Crippen LogP contribution in [0.5, 0.6) is 0 Å². The van der Waals surface area contributed by atoms with E-state index >= 15 is 0 Å². The zero-order chi connectivity index (χ0) is 14.7. The average Bonchev–Trinajstić information content (AvgIpc) is 2.96. The minimum Gasteiger partial charge on any atom is -0.237 e. The molecule has 0 atom stereocenters. The standard InChI is InChI=1S/C19H17NS/c1-14-7-9-17(10-8-14)18-13-21-19(20-18)12-11-16-6-4-3-5-15(16)2/h3-13H,1-2H3/b12-11+. The molecule has 0 radical (unpaired) electrons. The zero-order valence-electron chi connectivity index (χ0n) is 12.2. The van der Waals surface area contributed by atoms with E-state index in [9.17, 15) is 0 Å². The Morgan fingerprint density at radius 1 is 0.905 bits per heavy atom. The Bertz CT molecular complexity index is 766. The minimum atomic E-state index is 1.04. The first kappa shape index (κ1) is 13.8. The highest BCUT2D eigenvalue weighted by atomic mass is 32.1. The predicted octanol–water partition coefficient (Wildman–Crippen LogP) is 5.60. The summed E-state index contributed by atoms with van der Waals surface area (Å²) in [5.74, 6) is 0. The van der Waals surface area contributed by atoms with Crippen LogP contribution >= 0.6 is 11.3 Å². The van der Waals surface area contributed by atoms with E-state index in [0.29, 0.717) is 0 Å². The van der Waals surface area contributed by atoms with Crippen LogP contribution in [-0.4, -0.2) is 4.98 Å². The summed E-state index contributed by atoms with van der Waals surface area (Å²) in [5, 5.41) is 3.15. The van der Waals surface area contributed by atoms with Crippen LogP contribution in [0.15, 0.2) is 53.9 Å². The molecule has 3 aromatic rings. The van der Waals surface area contributed by atoms with E-state index in [-0.39, 0.29) is 0 Å². The molecule has 104 valence electrons. The van der Waals surface area contributed by atoms with Crippen molar-refractivity contribution in [2.45, 2.75) is 13.8 Å². The Hall–Kier alpha value is -2.19. The Morgan fingerprint density at radius 2 is 1.67 bits per heavy atom. The molecular formula is C19H17NS. The monoisotopic (exact) mass is 291 g/mol. The van der Waals surface area contributed by atoms with Gasteiger partial charge in [-0.05, 0) is 31.1 Å². The van der Waals surface area contributed by atoms with Gasteiger partial charge in [-0.1, -0.05) is 60.2 Å². The topological polar surface area (TPSA) is 12.9 Å². The number of rotatable bonds is 3. The highest BCUT2D eigenvalue weighted by Gasteiger charge is 2.02. The lowest BCUT2D eigenvalue weighted by atomic mass is 10.1. The molecule has 3 rings (SSSR count). The summed E-state index contributed by atoms with van der Waals surface area (Å²) in [6.07, 6.45) is 4.22. The van der Waals surface area contributed by atoms with Crippen molar-refractivity contribution >= 4 is 23.5 Å². The second-order valence-electron chi connectivity index (χ2n) is 5.13. The molecule has 0 aliphatic carbocycles. The Balaban J connectivity index is 1.82. The third kappa shape index (κ3) is 3.29. The van der Waals surface area contributed by atoms with Gasteiger partial charge in [0.15, 0.2) is 0 Å². The van der Waals surface area contributed by atoms with Crippen LogP contribution in [0.3, 0.4) is 0 Å². The maximum atomic E-state index is 4.69. The van der Waals surface area contributed by atoms with Crippen molar-refractivity contribution in [2.75, 3.05) is 0 Å². The van der Waals surface area contributed by atoms with E-state index in [4.69, 9.17) is 0 Å². The van der Waals surface area contributed by atoms with Gasteiger partial charge in [-0.2, -0.15) is 0 Å². The van der Waals surface area contributed by atoms with Gasteiger partial charge >= 0.3 is 0 Å². The highest BCUT2D eigenvalue weighted by molar-refractivity contribution is 7.10. The minimum absolute atomic E-state index is 1.04. The van der Waals surface area contributed by atoms with E-state index < -0.39 is 0 Å². The Morgan fingerprint density at radius 3 is 2.43 bits per heavy atom. The average molecular weight is 291 g/mol. The molecule has 1 aromatic heterocycles. The van der Waals surface area contributed by atoms with Crippen LogP contribution in [0.2, 0.25) is 0 Å². The quantitative estimate of drug-likeness (QED) is 0.612. The van der Waals surface area contributed by atoms with Crippen molar-refractivity contribution in [3.63, 3.8) is 0 Å². The van der Waals surface area contributed by atoms with Crippen molar-refractivity contribution in [3.8, 4) is 11.3 Å². The summed E-state index contributed by atoms with van der Waals surface area (Å²) in [6.45, 7) is 4.22. The lowest BCUT2D eigenvalue weighted by Crippen LogP contribution is -1.80. The maximum Gasteiger partial charge on any atom is 0.116 e. The second kappa shape index (κ2) is 6.06. The van der Waals surface area contributed by atoms with Crippen LogP contribution in [0.4, 0.5) is 0 Å².